The van der Waals surface area contributed by atoms with Gasteiger partial charge in [-0.05, 0) is 37.0 Å². The number of nitrogens with zero attached hydrogens (tertiary/aromatic N) is 1. The van der Waals surface area contributed by atoms with E-state index in [1.54, 1.807) is 11.3 Å². The van der Waals surface area contributed by atoms with Crippen molar-refractivity contribution in [3.8, 4) is 0 Å². The van der Waals surface area contributed by atoms with Crippen LogP contribution in [0.4, 0.5) is 5.69 Å². The molecule has 0 spiro atoms. The van der Waals surface area contributed by atoms with Crippen molar-refractivity contribution in [2.45, 2.75) is 45.1 Å². The highest BCUT2D eigenvalue weighted by atomic mass is 32.1. The minimum Gasteiger partial charge on any atom is -0.382 e. The second-order valence-corrected chi connectivity index (χ2v) is 6.12. The van der Waals surface area contributed by atoms with Crippen molar-refractivity contribution in [1.82, 2.24) is 4.98 Å². The molecular weight excluding hydrogens is 240 g/mol. The number of thiazole rings is 1. The standard InChI is InChI=1S/C15H20N2S/c1-2-11-5-3-4-6-13(11)17-12-7-8-14-15(9-12)18-10-16-14/h7-11,13,17H,2-6H2,1H3. The molecule has 3 rings (SSSR count). The Bertz CT molecular complexity index is 520. The van der Waals surface area contributed by atoms with Crippen molar-refractivity contribution in [2.24, 2.45) is 5.92 Å². The minimum absolute atomic E-state index is 0.661. The molecule has 0 saturated heterocycles. The van der Waals surface area contributed by atoms with E-state index in [-0.39, 0.29) is 0 Å². The second-order valence-electron chi connectivity index (χ2n) is 5.24. The molecule has 1 N–H and O–H groups in total. The quantitative estimate of drug-likeness (QED) is 0.867. The summed E-state index contributed by atoms with van der Waals surface area (Å²) in [6, 6.07) is 7.20. The fourth-order valence-corrected chi connectivity index (χ4v) is 3.76. The van der Waals surface area contributed by atoms with Crippen LogP contribution in [0.5, 0.6) is 0 Å². The maximum atomic E-state index is 4.33. The summed E-state index contributed by atoms with van der Waals surface area (Å²) in [5.41, 5.74) is 4.29. The van der Waals surface area contributed by atoms with Gasteiger partial charge < -0.3 is 5.32 Å². The zero-order chi connectivity index (χ0) is 12.4. The number of benzene rings is 1. The summed E-state index contributed by atoms with van der Waals surface area (Å²) in [6.07, 6.45) is 6.78. The molecule has 1 aromatic heterocycles. The number of hydrogen-bond acceptors (Lipinski definition) is 3. The van der Waals surface area contributed by atoms with Crippen LogP contribution in [0.15, 0.2) is 23.7 Å². The van der Waals surface area contributed by atoms with E-state index < -0.39 is 0 Å². The van der Waals surface area contributed by atoms with E-state index in [9.17, 15) is 0 Å². The Morgan fingerprint density at radius 1 is 1.33 bits per heavy atom. The van der Waals surface area contributed by atoms with Crippen LogP contribution in [0, 0.1) is 5.92 Å². The summed E-state index contributed by atoms with van der Waals surface area (Å²) < 4.78 is 1.28. The van der Waals surface area contributed by atoms with E-state index in [0.29, 0.717) is 6.04 Å². The topological polar surface area (TPSA) is 24.9 Å². The van der Waals surface area contributed by atoms with Crippen molar-refractivity contribution >= 4 is 27.2 Å². The van der Waals surface area contributed by atoms with Crippen LogP contribution in [-0.4, -0.2) is 11.0 Å². The average Bonchev–Trinajstić information content (AvgIpc) is 2.87. The molecule has 0 amide bonds. The maximum Gasteiger partial charge on any atom is 0.0813 e. The predicted octanol–water partition coefficient (Wildman–Crippen LogP) is 4.68. The lowest BCUT2D eigenvalue weighted by Crippen LogP contribution is -2.31. The number of aromatic nitrogens is 1. The van der Waals surface area contributed by atoms with E-state index in [4.69, 9.17) is 0 Å². The van der Waals surface area contributed by atoms with Crippen molar-refractivity contribution in [2.75, 3.05) is 5.32 Å². The highest BCUT2D eigenvalue weighted by molar-refractivity contribution is 7.16. The lowest BCUT2D eigenvalue weighted by Gasteiger charge is -2.32. The zero-order valence-electron chi connectivity index (χ0n) is 10.9. The summed E-state index contributed by atoms with van der Waals surface area (Å²) >= 11 is 1.72. The van der Waals surface area contributed by atoms with Gasteiger partial charge in [0.1, 0.15) is 0 Å². The van der Waals surface area contributed by atoms with Gasteiger partial charge in [-0.2, -0.15) is 0 Å². The lowest BCUT2D eigenvalue weighted by atomic mass is 9.83. The van der Waals surface area contributed by atoms with Crippen LogP contribution in [0.1, 0.15) is 39.0 Å². The first-order valence-corrected chi connectivity index (χ1v) is 7.84. The third-order valence-corrected chi connectivity index (χ3v) is 4.91. The number of fused-ring (bicyclic) bond motifs is 1. The molecule has 18 heavy (non-hydrogen) atoms. The summed E-state index contributed by atoms with van der Waals surface area (Å²) in [7, 11) is 0. The van der Waals surface area contributed by atoms with Gasteiger partial charge in [0, 0.05) is 11.7 Å². The number of nitrogens with one attached hydrogen (secondary N) is 1. The third kappa shape index (κ3) is 2.37. The lowest BCUT2D eigenvalue weighted by molar-refractivity contribution is 0.317. The molecule has 0 radical (unpaired) electrons. The Balaban J connectivity index is 1.77. The van der Waals surface area contributed by atoms with Gasteiger partial charge in [0.2, 0.25) is 0 Å². The van der Waals surface area contributed by atoms with Crippen molar-refractivity contribution in [1.29, 1.82) is 0 Å². The molecular formula is C15H20N2S. The molecule has 3 heteroatoms. The largest absolute Gasteiger partial charge is 0.382 e. The highest BCUT2D eigenvalue weighted by Crippen LogP contribution is 2.30. The maximum absolute atomic E-state index is 4.33. The second kappa shape index (κ2) is 5.27. The molecule has 1 aliphatic carbocycles. The summed E-state index contributed by atoms with van der Waals surface area (Å²) in [4.78, 5) is 4.33. The van der Waals surface area contributed by atoms with Crippen molar-refractivity contribution < 1.29 is 0 Å². The van der Waals surface area contributed by atoms with Gasteiger partial charge in [0.05, 0.1) is 15.7 Å². The van der Waals surface area contributed by atoms with Gasteiger partial charge in [-0.3, -0.25) is 0 Å². The Hall–Kier alpha value is -1.09. The van der Waals surface area contributed by atoms with Crippen LogP contribution in [0.3, 0.4) is 0 Å². The molecule has 1 aliphatic rings. The smallest absolute Gasteiger partial charge is 0.0813 e. The van der Waals surface area contributed by atoms with Gasteiger partial charge >= 0.3 is 0 Å². The van der Waals surface area contributed by atoms with Crippen molar-refractivity contribution in [3.63, 3.8) is 0 Å². The number of hydrogen-bond donors (Lipinski definition) is 1. The van der Waals surface area contributed by atoms with E-state index in [2.05, 4.69) is 35.4 Å². The molecule has 2 aromatic rings. The number of anilines is 1. The molecule has 2 atom stereocenters. The molecule has 1 aromatic carbocycles. The molecule has 0 bridgehead atoms. The summed E-state index contributed by atoms with van der Waals surface area (Å²) in [5.74, 6) is 0.843. The Labute approximate surface area is 112 Å². The molecule has 0 aliphatic heterocycles. The van der Waals surface area contributed by atoms with Gasteiger partial charge in [-0.25, -0.2) is 4.98 Å². The fraction of sp³-hybridized carbons (Fsp3) is 0.533. The number of rotatable bonds is 3. The first-order chi connectivity index (χ1) is 8.86. The molecule has 2 nitrogen and oxygen atoms in total. The molecule has 96 valence electrons. The van der Waals surface area contributed by atoms with Crippen LogP contribution in [-0.2, 0) is 0 Å². The normalized spacial score (nSPS) is 24.3. The van der Waals surface area contributed by atoms with E-state index in [1.165, 1.54) is 42.5 Å². The van der Waals surface area contributed by atoms with Gasteiger partial charge in [0.15, 0.2) is 0 Å². The van der Waals surface area contributed by atoms with E-state index in [1.807, 2.05) is 5.51 Å². The highest BCUT2D eigenvalue weighted by Gasteiger charge is 2.23. The van der Waals surface area contributed by atoms with Gasteiger partial charge in [0.25, 0.3) is 0 Å². The first kappa shape index (κ1) is 12.0. The molecule has 1 saturated carbocycles. The van der Waals surface area contributed by atoms with E-state index >= 15 is 0 Å². The van der Waals surface area contributed by atoms with Crippen LogP contribution < -0.4 is 5.32 Å². The minimum atomic E-state index is 0.661. The van der Waals surface area contributed by atoms with Gasteiger partial charge in [-0.15, -0.1) is 11.3 Å². The third-order valence-electron chi connectivity index (χ3n) is 4.12. The average molecular weight is 260 g/mol. The predicted molar refractivity (Wildman–Crippen MR) is 79.3 cm³/mol. The SMILES string of the molecule is CCC1CCCCC1Nc1ccc2ncsc2c1. The Morgan fingerprint density at radius 3 is 3.11 bits per heavy atom. The van der Waals surface area contributed by atoms with Crippen LogP contribution in [0.25, 0.3) is 10.2 Å². The first-order valence-electron chi connectivity index (χ1n) is 6.96. The Kier molecular flexibility index (Phi) is 3.50. The van der Waals surface area contributed by atoms with Crippen molar-refractivity contribution in [3.05, 3.63) is 23.7 Å². The molecule has 1 fully saturated rings. The van der Waals surface area contributed by atoms with Crippen LogP contribution in [0.2, 0.25) is 0 Å². The zero-order valence-corrected chi connectivity index (χ0v) is 11.7. The van der Waals surface area contributed by atoms with E-state index in [0.717, 1.165) is 11.4 Å². The molecule has 1 heterocycles. The van der Waals surface area contributed by atoms with Crippen LogP contribution >= 0.6 is 11.3 Å². The molecule has 2 unspecified atom stereocenters. The fourth-order valence-electron chi connectivity index (χ4n) is 3.05. The Morgan fingerprint density at radius 2 is 2.22 bits per heavy atom. The summed E-state index contributed by atoms with van der Waals surface area (Å²) in [5, 5.41) is 3.74. The summed E-state index contributed by atoms with van der Waals surface area (Å²) in [6.45, 7) is 2.32. The monoisotopic (exact) mass is 260 g/mol. The van der Waals surface area contributed by atoms with Gasteiger partial charge in [-0.1, -0.05) is 26.2 Å².